The largest absolute Gasteiger partial charge is 0.356 e. The third-order valence-electron chi connectivity index (χ3n) is 3.66. The van der Waals surface area contributed by atoms with E-state index in [1.807, 2.05) is 0 Å². The molecule has 0 radical (unpaired) electrons. The molecule has 0 bridgehead atoms. The first-order valence-corrected chi connectivity index (χ1v) is 9.02. The van der Waals surface area contributed by atoms with E-state index in [4.69, 9.17) is 5.84 Å². The summed E-state index contributed by atoms with van der Waals surface area (Å²) in [7, 11) is 0. The smallest absolute Gasteiger partial charge is 0.220 e. The van der Waals surface area contributed by atoms with Crippen LogP contribution in [-0.4, -0.2) is 37.2 Å². The molecular weight excluding hydrogens is 308 g/mol. The van der Waals surface area contributed by atoms with Crippen molar-refractivity contribution in [3.05, 3.63) is 0 Å². The SMILES string of the molecule is CC(=O)CCCCCNC(=O)CCCNC(=O)CCCCCNN. The molecule has 0 spiro atoms. The minimum Gasteiger partial charge on any atom is -0.356 e. The van der Waals surface area contributed by atoms with Crippen LogP contribution in [0, 0.1) is 0 Å². The number of nitrogens with two attached hydrogens (primary N) is 1. The highest BCUT2D eigenvalue weighted by Crippen LogP contribution is 2.00. The molecule has 0 aliphatic carbocycles. The van der Waals surface area contributed by atoms with Crippen LogP contribution in [0.5, 0.6) is 0 Å². The van der Waals surface area contributed by atoms with Crippen LogP contribution < -0.4 is 21.9 Å². The standard InChI is InChI=1S/C17H34N4O3/c1-15(22)9-4-2-6-12-19-17(24)11-8-13-20-16(23)10-5-3-7-14-21-18/h21H,2-14,18H2,1H3,(H,19,24)(H,20,23). The molecular formula is C17H34N4O3. The van der Waals surface area contributed by atoms with E-state index < -0.39 is 0 Å². The summed E-state index contributed by atoms with van der Waals surface area (Å²) in [5.74, 6) is 5.44. The molecule has 7 nitrogen and oxygen atoms in total. The highest BCUT2D eigenvalue weighted by Gasteiger charge is 2.03. The molecule has 0 aromatic heterocycles. The Bertz CT molecular complexity index is 362. The molecule has 0 atom stereocenters. The van der Waals surface area contributed by atoms with Crippen molar-refractivity contribution in [2.45, 2.75) is 71.1 Å². The molecule has 0 heterocycles. The molecule has 0 unspecified atom stereocenters. The van der Waals surface area contributed by atoms with Gasteiger partial charge in [0, 0.05) is 38.9 Å². The maximum absolute atomic E-state index is 11.6. The summed E-state index contributed by atoms with van der Waals surface area (Å²) in [5.41, 5.74) is 2.59. The van der Waals surface area contributed by atoms with Crippen molar-refractivity contribution in [3.8, 4) is 0 Å². The Morgan fingerprint density at radius 3 is 1.75 bits per heavy atom. The van der Waals surface area contributed by atoms with Crippen molar-refractivity contribution in [1.82, 2.24) is 16.1 Å². The topological polar surface area (TPSA) is 113 Å². The summed E-state index contributed by atoms with van der Waals surface area (Å²) in [4.78, 5) is 33.9. The zero-order valence-electron chi connectivity index (χ0n) is 15.0. The van der Waals surface area contributed by atoms with Gasteiger partial charge in [-0.15, -0.1) is 0 Å². The van der Waals surface area contributed by atoms with Gasteiger partial charge in [-0.1, -0.05) is 12.8 Å². The van der Waals surface area contributed by atoms with Gasteiger partial charge >= 0.3 is 0 Å². The molecule has 24 heavy (non-hydrogen) atoms. The van der Waals surface area contributed by atoms with Crippen LogP contribution in [0.3, 0.4) is 0 Å². The molecule has 0 aromatic carbocycles. The molecule has 5 N–H and O–H groups in total. The van der Waals surface area contributed by atoms with Crippen molar-refractivity contribution in [1.29, 1.82) is 0 Å². The second kappa shape index (κ2) is 16.4. The van der Waals surface area contributed by atoms with E-state index in [9.17, 15) is 14.4 Å². The van der Waals surface area contributed by atoms with Crippen LogP contribution in [0.15, 0.2) is 0 Å². The van der Waals surface area contributed by atoms with E-state index in [0.717, 1.165) is 45.1 Å². The van der Waals surface area contributed by atoms with E-state index in [2.05, 4.69) is 16.1 Å². The molecule has 2 amide bonds. The molecule has 0 rings (SSSR count). The number of nitrogens with one attached hydrogen (secondary N) is 3. The number of amides is 2. The number of carbonyl (C=O) groups excluding carboxylic acids is 3. The Morgan fingerprint density at radius 1 is 0.667 bits per heavy atom. The lowest BCUT2D eigenvalue weighted by Gasteiger charge is -2.07. The number of carbonyl (C=O) groups is 3. The van der Waals surface area contributed by atoms with Crippen LogP contribution in [0.1, 0.15) is 71.1 Å². The minimum atomic E-state index is 0.0186. The molecule has 7 heteroatoms. The normalized spacial score (nSPS) is 10.4. The van der Waals surface area contributed by atoms with Crippen molar-refractivity contribution < 1.29 is 14.4 Å². The van der Waals surface area contributed by atoms with Gasteiger partial charge in [-0.2, -0.15) is 0 Å². The number of rotatable bonds is 16. The minimum absolute atomic E-state index is 0.0186. The fourth-order valence-corrected chi connectivity index (χ4v) is 2.25. The van der Waals surface area contributed by atoms with E-state index in [-0.39, 0.29) is 17.6 Å². The highest BCUT2D eigenvalue weighted by atomic mass is 16.2. The number of ketones is 1. The first-order valence-electron chi connectivity index (χ1n) is 9.02. The van der Waals surface area contributed by atoms with Crippen molar-refractivity contribution in [2.75, 3.05) is 19.6 Å². The average Bonchev–Trinajstić information content (AvgIpc) is 2.54. The summed E-state index contributed by atoms with van der Waals surface area (Å²) in [6.07, 6.45) is 7.78. The zero-order valence-corrected chi connectivity index (χ0v) is 15.0. The van der Waals surface area contributed by atoms with Gasteiger partial charge in [-0.25, -0.2) is 0 Å². The summed E-state index contributed by atoms with van der Waals surface area (Å²) < 4.78 is 0. The van der Waals surface area contributed by atoms with E-state index in [1.165, 1.54) is 0 Å². The van der Waals surface area contributed by atoms with Gasteiger partial charge in [0.2, 0.25) is 11.8 Å². The average molecular weight is 342 g/mol. The molecule has 0 aliphatic rings. The second-order valence-corrected chi connectivity index (χ2v) is 6.08. The summed E-state index contributed by atoms with van der Waals surface area (Å²) in [6, 6.07) is 0. The number of Topliss-reactive ketones (excluding diaryl/α,β-unsaturated/α-hetero) is 1. The molecule has 0 saturated heterocycles. The van der Waals surface area contributed by atoms with Crippen LogP contribution in [0.2, 0.25) is 0 Å². The summed E-state index contributed by atoms with van der Waals surface area (Å²) in [6.45, 7) is 3.56. The van der Waals surface area contributed by atoms with Crippen molar-refractivity contribution >= 4 is 17.6 Å². The van der Waals surface area contributed by atoms with Crippen LogP contribution in [-0.2, 0) is 14.4 Å². The lowest BCUT2D eigenvalue weighted by molar-refractivity contribution is -0.123. The number of hydrogen-bond acceptors (Lipinski definition) is 5. The molecule has 0 saturated carbocycles. The molecule has 140 valence electrons. The molecule has 0 aromatic rings. The van der Waals surface area contributed by atoms with Gasteiger partial charge in [-0.05, 0) is 39.0 Å². The van der Waals surface area contributed by atoms with Crippen molar-refractivity contribution in [3.63, 3.8) is 0 Å². The first kappa shape index (κ1) is 22.5. The predicted octanol–water partition coefficient (Wildman–Crippen LogP) is 1.17. The lowest BCUT2D eigenvalue weighted by atomic mass is 10.1. The third kappa shape index (κ3) is 16.9. The number of hydrazine groups is 1. The predicted molar refractivity (Wildman–Crippen MR) is 95.1 cm³/mol. The van der Waals surface area contributed by atoms with Crippen LogP contribution in [0.4, 0.5) is 0 Å². The van der Waals surface area contributed by atoms with Gasteiger partial charge < -0.3 is 15.4 Å². The quantitative estimate of drug-likeness (QED) is 0.191. The lowest BCUT2D eigenvalue weighted by Crippen LogP contribution is -2.28. The van der Waals surface area contributed by atoms with Crippen molar-refractivity contribution in [2.24, 2.45) is 5.84 Å². The van der Waals surface area contributed by atoms with E-state index in [1.54, 1.807) is 6.92 Å². The maximum atomic E-state index is 11.6. The Kier molecular flexibility index (Phi) is 15.4. The number of unbranched alkanes of at least 4 members (excludes halogenated alkanes) is 4. The zero-order chi connectivity index (χ0) is 18.0. The second-order valence-electron chi connectivity index (χ2n) is 6.08. The Labute approximate surface area is 145 Å². The maximum Gasteiger partial charge on any atom is 0.220 e. The Hall–Kier alpha value is -1.47. The van der Waals surface area contributed by atoms with E-state index >= 15 is 0 Å². The fourth-order valence-electron chi connectivity index (χ4n) is 2.25. The van der Waals surface area contributed by atoms with Gasteiger partial charge in [0.1, 0.15) is 5.78 Å². The van der Waals surface area contributed by atoms with E-state index in [0.29, 0.717) is 38.8 Å². The molecule has 0 aliphatic heterocycles. The Morgan fingerprint density at radius 2 is 1.17 bits per heavy atom. The van der Waals surface area contributed by atoms with Gasteiger partial charge in [0.25, 0.3) is 0 Å². The first-order chi connectivity index (χ1) is 11.6. The van der Waals surface area contributed by atoms with Gasteiger partial charge in [0.15, 0.2) is 0 Å². The third-order valence-corrected chi connectivity index (χ3v) is 3.66. The fraction of sp³-hybridized carbons (Fsp3) is 0.824. The summed E-state index contributed by atoms with van der Waals surface area (Å²) >= 11 is 0. The Balaban J connectivity index is 3.35. The number of hydrogen-bond donors (Lipinski definition) is 4. The summed E-state index contributed by atoms with van der Waals surface area (Å²) in [5, 5.41) is 5.69. The van der Waals surface area contributed by atoms with Crippen LogP contribution >= 0.6 is 0 Å². The highest BCUT2D eigenvalue weighted by molar-refractivity contribution is 5.77. The molecule has 0 fully saturated rings. The van der Waals surface area contributed by atoms with Gasteiger partial charge in [0.05, 0.1) is 0 Å². The van der Waals surface area contributed by atoms with Crippen LogP contribution in [0.25, 0.3) is 0 Å². The van der Waals surface area contributed by atoms with Gasteiger partial charge in [-0.3, -0.25) is 20.9 Å². The monoisotopic (exact) mass is 342 g/mol.